The molecule has 3 aromatic rings. The number of anilines is 1. The van der Waals surface area contributed by atoms with E-state index in [-0.39, 0.29) is 17.9 Å². The molecule has 24 heavy (non-hydrogen) atoms. The molecule has 0 aliphatic heterocycles. The van der Waals surface area contributed by atoms with Gasteiger partial charge in [0, 0.05) is 28.6 Å². The van der Waals surface area contributed by atoms with E-state index >= 15 is 0 Å². The van der Waals surface area contributed by atoms with Crippen molar-refractivity contribution >= 4 is 33.3 Å². The van der Waals surface area contributed by atoms with Crippen LogP contribution < -0.4 is 10.1 Å². The largest absolute Gasteiger partial charge is 0.488 e. The molecular weight excluding hydrogens is 322 g/mol. The maximum atomic E-state index is 12.2. The van der Waals surface area contributed by atoms with Gasteiger partial charge in [-0.3, -0.25) is 9.78 Å². The minimum atomic E-state index is -0.0119. The molecule has 1 N–H and O–H groups in total. The van der Waals surface area contributed by atoms with Gasteiger partial charge in [0.2, 0.25) is 5.91 Å². The minimum Gasteiger partial charge on any atom is -0.488 e. The number of carbonyl (C=O) groups excluding carboxylic acids is 1. The van der Waals surface area contributed by atoms with Gasteiger partial charge in [-0.05, 0) is 31.9 Å². The van der Waals surface area contributed by atoms with Gasteiger partial charge in [-0.2, -0.15) is 0 Å². The third kappa shape index (κ3) is 2.97. The van der Waals surface area contributed by atoms with Crippen molar-refractivity contribution in [1.82, 2.24) is 9.97 Å². The lowest BCUT2D eigenvalue weighted by Crippen LogP contribution is -2.40. The number of aromatic nitrogens is 2. The zero-order valence-corrected chi connectivity index (χ0v) is 14.0. The van der Waals surface area contributed by atoms with Crippen LogP contribution in [0.25, 0.3) is 10.9 Å². The zero-order valence-electron chi connectivity index (χ0n) is 13.2. The summed E-state index contributed by atoms with van der Waals surface area (Å²) in [5.41, 5.74) is 0.867. The van der Waals surface area contributed by atoms with Crippen molar-refractivity contribution in [1.29, 1.82) is 0 Å². The van der Waals surface area contributed by atoms with Crippen LogP contribution in [0.1, 0.15) is 17.7 Å². The molecule has 1 aliphatic carbocycles. The Labute approximate surface area is 143 Å². The quantitative estimate of drug-likeness (QED) is 0.785. The second-order valence-electron chi connectivity index (χ2n) is 6.00. The zero-order chi connectivity index (χ0) is 16.5. The number of aryl methyl sites for hydroxylation is 1. The van der Waals surface area contributed by atoms with Crippen molar-refractivity contribution in [3.63, 3.8) is 0 Å². The molecule has 1 saturated carbocycles. The number of fused-ring (bicyclic) bond motifs is 1. The summed E-state index contributed by atoms with van der Waals surface area (Å²) in [6, 6.07) is 9.84. The molecule has 0 atom stereocenters. The molecule has 1 fully saturated rings. The molecule has 0 saturated heterocycles. The molecule has 0 unspecified atom stereocenters. The predicted molar refractivity (Wildman–Crippen MR) is 94.4 cm³/mol. The van der Waals surface area contributed by atoms with Gasteiger partial charge in [0.15, 0.2) is 5.13 Å². The van der Waals surface area contributed by atoms with Crippen LogP contribution in [-0.2, 0) is 4.79 Å². The van der Waals surface area contributed by atoms with Crippen molar-refractivity contribution in [2.24, 2.45) is 5.92 Å². The highest BCUT2D eigenvalue weighted by molar-refractivity contribution is 7.15. The molecule has 2 aromatic heterocycles. The van der Waals surface area contributed by atoms with Gasteiger partial charge in [-0.15, -0.1) is 11.3 Å². The van der Waals surface area contributed by atoms with Crippen molar-refractivity contribution in [2.45, 2.75) is 25.9 Å². The minimum absolute atomic E-state index is 0.0119. The molecule has 1 aliphatic rings. The predicted octanol–water partition coefficient (Wildman–Crippen LogP) is 3.80. The molecule has 1 aromatic carbocycles. The third-order valence-electron chi connectivity index (χ3n) is 4.21. The summed E-state index contributed by atoms with van der Waals surface area (Å²) in [5.74, 6) is 0.801. The van der Waals surface area contributed by atoms with Crippen LogP contribution in [0.2, 0.25) is 0 Å². The van der Waals surface area contributed by atoms with E-state index in [1.165, 1.54) is 11.3 Å². The van der Waals surface area contributed by atoms with E-state index in [9.17, 15) is 4.79 Å². The number of carbonyl (C=O) groups is 1. The molecule has 0 radical (unpaired) electrons. The Kier molecular flexibility index (Phi) is 3.90. The first-order valence-corrected chi connectivity index (χ1v) is 8.74. The fraction of sp³-hybridized carbons (Fsp3) is 0.278. The van der Waals surface area contributed by atoms with E-state index < -0.39 is 0 Å². The highest BCUT2D eigenvalue weighted by Gasteiger charge is 2.36. The van der Waals surface area contributed by atoms with E-state index in [4.69, 9.17) is 4.74 Å². The summed E-state index contributed by atoms with van der Waals surface area (Å²) < 4.78 is 6.04. The van der Waals surface area contributed by atoms with Gasteiger partial charge < -0.3 is 10.1 Å². The van der Waals surface area contributed by atoms with Crippen LogP contribution in [0.3, 0.4) is 0 Å². The molecule has 5 nitrogen and oxygen atoms in total. The first-order chi connectivity index (χ1) is 11.7. The number of nitrogens with zero attached hydrogens (tertiary/aromatic N) is 2. The van der Waals surface area contributed by atoms with Crippen molar-refractivity contribution in [3.8, 4) is 5.75 Å². The molecule has 6 heteroatoms. The lowest BCUT2D eigenvalue weighted by atomic mass is 9.81. The average molecular weight is 339 g/mol. The molecule has 122 valence electrons. The summed E-state index contributed by atoms with van der Waals surface area (Å²) >= 11 is 1.49. The molecule has 0 spiro atoms. The molecule has 4 rings (SSSR count). The van der Waals surface area contributed by atoms with Crippen LogP contribution in [0.15, 0.2) is 42.7 Å². The fourth-order valence-corrected chi connectivity index (χ4v) is 3.51. The summed E-state index contributed by atoms with van der Waals surface area (Å²) in [7, 11) is 0. The smallest absolute Gasteiger partial charge is 0.229 e. The van der Waals surface area contributed by atoms with Gasteiger partial charge in [0.1, 0.15) is 17.4 Å². The normalized spacial score (nSPS) is 19.7. The van der Waals surface area contributed by atoms with E-state index in [0.29, 0.717) is 5.13 Å². The number of thiazole rings is 1. The van der Waals surface area contributed by atoms with Gasteiger partial charge in [-0.25, -0.2) is 4.98 Å². The third-order valence-corrected chi connectivity index (χ3v) is 5.03. The Morgan fingerprint density at radius 2 is 2.08 bits per heavy atom. The Bertz CT molecular complexity index is 881. The Balaban J connectivity index is 1.36. The fourth-order valence-electron chi connectivity index (χ4n) is 2.85. The van der Waals surface area contributed by atoms with Crippen molar-refractivity contribution in [2.75, 3.05) is 5.32 Å². The Hall–Kier alpha value is -2.47. The number of benzene rings is 1. The maximum absolute atomic E-state index is 12.2. The number of hydrogen-bond acceptors (Lipinski definition) is 5. The lowest BCUT2D eigenvalue weighted by molar-refractivity contribution is -0.125. The van der Waals surface area contributed by atoms with E-state index in [0.717, 1.165) is 34.4 Å². The van der Waals surface area contributed by atoms with Crippen LogP contribution in [0.5, 0.6) is 5.75 Å². The number of amides is 1. The molecule has 0 bridgehead atoms. The van der Waals surface area contributed by atoms with Crippen molar-refractivity contribution in [3.05, 3.63) is 47.6 Å². The number of hydrogen-bond donors (Lipinski definition) is 1. The first kappa shape index (κ1) is 15.1. The van der Waals surface area contributed by atoms with E-state index in [1.807, 2.05) is 37.3 Å². The highest BCUT2D eigenvalue weighted by Crippen LogP contribution is 2.34. The van der Waals surface area contributed by atoms with Crippen LogP contribution in [0.4, 0.5) is 5.13 Å². The average Bonchev–Trinajstić information content (AvgIpc) is 2.95. The van der Waals surface area contributed by atoms with Gasteiger partial charge in [0.25, 0.3) is 0 Å². The standard InChI is InChI=1S/C18H17N3O2S/c1-11-10-20-18(24-11)21-17(22)13-8-14(9-13)23-15-6-2-4-12-5-3-7-19-16(12)15/h2-7,10,13-14H,8-9H2,1H3,(H,20,21,22)/t13-,14-. The topological polar surface area (TPSA) is 64.1 Å². The van der Waals surface area contributed by atoms with E-state index in [2.05, 4.69) is 15.3 Å². The second-order valence-corrected chi connectivity index (χ2v) is 7.24. The number of nitrogens with one attached hydrogen (secondary N) is 1. The first-order valence-electron chi connectivity index (χ1n) is 7.93. The number of para-hydroxylation sites is 1. The highest BCUT2D eigenvalue weighted by atomic mass is 32.1. The Morgan fingerprint density at radius 1 is 1.25 bits per heavy atom. The van der Waals surface area contributed by atoms with Gasteiger partial charge in [0.05, 0.1) is 0 Å². The van der Waals surface area contributed by atoms with Crippen LogP contribution >= 0.6 is 11.3 Å². The van der Waals surface area contributed by atoms with Gasteiger partial charge >= 0.3 is 0 Å². The summed E-state index contributed by atoms with van der Waals surface area (Å²) in [4.78, 5) is 21.8. The van der Waals surface area contributed by atoms with Crippen LogP contribution in [-0.4, -0.2) is 22.0 Å². The monoisotopic (exact) mass is 339 g/mol. The molecule has 1 amide bonds. The molecule has 2 heterocycles. The molecular formula is C18H17N3O2S. The SMILES string of the molecule is Cc1cnc(NC(=O)[C@H]2C[C@H](Oc3cccc4cccnc34)C2)s1. The van der Waals surface area contributed by atoms with Crippen LogP contribution in [0, 0.1) is 12.8 Å². The number of rotatable bonds is 4. The lowest BCUT2D eigenvalue weighted by Gasteiger charge is -2.34. The van der Waals surface area contributed by atoms with Crippen molar-refractivity contribution < 1.29 is 9.53 Å². The number of ether oxygens (including phenoxy) is 1. The second kappa shape index (κ2) is 6.20. The Morgan fingerprint density at radius 3 is 2.88 bits per heavy atom. The maximum Gasteiger partial charge on any atom is 0.229 e. The summed E-state index contributed by atoms with van der Waals surface area (Å²) in [6.07, 6.45) is 5.04. The summed E-state index contributed by atoms with van der Waals surface area (Å²) in [5, 5.41) is 4.60. The van der Waals surface area contributed by atoms with Gasteiger partial charge in [-0.1, -0.05) is 18.2 Å². The van der Waals surface area contributed by atoms with E-state index in [1.54, 1.807) is 12.4 Å². The number of pyridine rings is 1. The summed E-state index contributed by atoms with van der Waals surface area (Å²) in [6.45, 7) is 1.97.